The zero-order valence-electron chi connectivity index (χ0n) is 16.1. The lowest BCUT2D eigenvalue weighted by Gasteiger charge is -2.23. The van der Waals surface area contributed by atoms with E-state index in [-0.39, 0.29) is 11.7 Å². The van der Waals surface area contributed by atoms with E-state index in [4.69, 9.17) is 16.6 Å². The van der Waals surface area contributed by atoms with E-state index < -0.39 is 60.2 Å². The monoisotopic (exact) mass is 419 g/mol. The maximum Gasteiger partial charge on any atom is 0.326 e. The number of carbonyl (C=O) groups excluding carboxylic acids is 4. The van der Waals surface area contributed by atoms with Crippen molar-refractivity contribution in [2.75, 3.05) is 5.75 Å². The fourth-order valence-electron chi connectivity index (χ4n) is 2.05. The van der Waals surface area contributed by atoms with Crippen LogP contribution in [0.2, 0.25) is 0 Å². The van der Waals surface area contributed by atoms with Gasteiger partial charge in [-0.05, 0) is 12.8 Å². The minimum absolute atomic E-state index is 0.0431. The Morgan fingerprint density at radius 2 is 1.50 bits per heavy atom. The van der Waals surface area contributed by atoms with E-state index in [9.17, 15) is 24.0 Å². The number of nitrogens with one attached hydrogen (secondary N) is 3. The average molecular weight is 420 g/mol. The molecule has 0 saturated carbocycles. The van der Waals surface area contributed by atoms with Gasteiger partial charge in [0.2, 0.25) is 23.6 Å². The van der Waals surface area contributed by atoms with Crippen molar-refractivity contribution >= 4 is 42.2 Å². The third-order valence-electron chi connectivity index (χ3n) is 4.15. The number of amides is 4. The van der Waals surface area contributed by atoms with Crippen LogP contribution in [0.3, 0.4) is 0 Å². The highest BCUT2D eigenvalue weighted by Gasteiger charge is 2.29. The van der Waals surface area contributed by atoms with E-state index in [1.54, 1.807) is 6.92 Å². The Hall–Kier alpha value is -2.34. The molecule has 0 aliphatic rings. The van der Waals surface area contributed by atoms with E-state index in [0.717, 1.165) is 0 Å². The van der Waals surface area contributed by atoms with Gasteiger partial charge in [-0.2, -0.15) is 12.6 Å². The van der Waals surface area contributed by atoms with Gasteiger partial charge in [0.25, 0.3) is 0 Å². The zero-order valence-corrected chi connectivity index (χ0v) is 17.0. The van der Waals surface area contributed by atoms with Gasteiger partial charge >= 0.3 is 5.97 Å². The number of primary amides is 1. The summed E-state index contributed by atoms with van der Waals surface area (Å²) in [5.41, 5.74) is 10.8. The highest BCUT2D eigenvalue weighted by Crippen LogP contribution is 2.06. The minimum Gasteiger partial charge on any atom is -0.480 e. The third kappa shape index (κ3) is 8.57. The lowest BCUT2D eigenvalue weighted by Crippen LogP contribution is -2.57. The summed E-state index contributed by atoms with van der Waals surface area (Å²) in [6.45, 7) is 5.00. The molecule has 0 bridgehead atoms. The topological polar surface area (TPSA) is 194 Å². The molecule has 11 nitrogen and oxygen atoms in total. The van der Waals surface area contributed by atoms with E-state index in [1.807, 2.05) is 6.92 Å². The Kier molecular flexibility index (Phi) is 11.2. The van der Waals surface area contributed by atoms with Gasteiger partial charge in [-0.25, -0.2) is 4.79 Å². The van der Waals surface area contributed by atoms with Gasteiger partial charge in [0.15, 0.2) is 0 Å². The molecule has 12 heteroatoms. The second kappa shape index (κ2) is 12.2. The molecule has 28 heavy (non-hydrogen) atoms. The van der Waals surface area contributed by atoms with Crippen molar-refractivity contribution in [3.63, 3.8) is 0 Å². The molecule has 8 N–H and O–H groups in total. The predicted molar refractivity (Wildman–Crippen MR) is 104 cm³/mol. The number of thiol groups is 1. The molecule has 160 valence electrons. The molecule has 0 spiro atoms. The fourth-order valence-corrected chi connectivity index (χ4v) is 2.31. The summed E-state index contributed by atoms with van der Waals surface area (Å²) in [7, 11) is 0. The van der Waals surface area contributed by atoms with Gasteiger partial charge in [0, 0.05) is 5.75 Å². The molecule has 0 aromatic heterocycles. The molecule has 0 saturated heterocycles. The number of carbonyl (C=O) groups is 5. The average Bonchev–Trinajstić information content (AvgIpc) is 2.62. The smallest absolute Gasteiger partial charge is 0.326 e. The summed E-state index contributed by atoms with van der Waals surface area (Å²) in [4.78, 5) is 58.4. The molecule has 0 rings (SSSR count). The molecular formula is C16H29N5O6S. The summed E-state index contributed by atoms with van der Waals surface area (Å²) < 4.78 is 0. The van der Waals surface area contributed by atoms with Crippen LogP contribution in [0.15, 0.2) is 0 Å². The summed E-state index contributed by atoms with van der Waals surface area (Å²) in [6, 6.07) is -4.49. The maximum atomic E-state index is 12.3. The first-order valence-corrected chi connectivity index (χ1v) is 9.36. The lowest BCUT2D eigenvalue weighted by molar-refractivity contribution is -0.143. The van der Waals surface area contributed by atoms with E-state index in [0.29, 0.717) is 6.42 Å². The van der Waals surface area contributed by atoms with Crippen molar-refractivity contribution in [3.05, 3.63) is 0 Å². The first-order chi connectivity index (χ1) is 12.9. The normalized spacial score (nSPS) is 16.0. The number of hydrogen-bond acceptors (Lipinski definition) is 7. The van der Waals surface area contributed by atoms with Crippen LogP contribution in [-0.4, -0.2) is 64.6 Å². The maximum absolute atomic E-state index is 12.3. The van der Waals surface area contributed by atoms with Gasteiger partial charge in [0.05, 0.1) is 12.5 Å². The van der Waals surface area contributed by atoms with Crippen LogP contribution in [0.25, 0.3) is 0 Å². The molecule has 0 aromatic carbocycles. The quantitative estimate of drug-likeness (QED) is 0.173. The number of aliphatic carboxylic acids is 1. The van der Waals surface area contributed by atoms with Crippen LogP contribution < -0.4 is 27.4 Å². The van der Waals surface area contributed by atoms with Crippen LogP contribution in [0.4, 0.5) is 0 Å². The van der Waals surface area contributed by atoms with Crippen molar-refractivity contribution < 1.29 is 29.1 Å². The van der Waals surface area contributed by atoms with Crippen molar-refractivity contribution in [1.82, 2.24) is 16.0 Å². The summed E-state index contributed by atoms with van der Waals surface area (Å²) in [6.07, 6.45) is 0.0874. The first kappa shape index (κ1) is 25.7. The van der Waals surface area contributed by atoms with Gasteiger partial charge in [-0.3, -0.25) is 19.2 Å². The van der Waals surface area contributed by atoms with Crippen LogP contribution in [0.5, 0.6) is 0 Å². The Morgan fingerprint density at radius 1 is 0.964 bits per heavy atom. The number of rotatable bonds is 12. The van der Waals surface area contributed by atoms with Gasteiger partial charge < -0.3 is 32.5 Å². The summed E-state index contributed by atoms with van der Waals surface area (Å²) in [5, 5.41) is 15.9. The highest BCUT2D eigenvalue weighted by atomic mass is 32.1. The third-order valence-corrected chi connectivity index (χ3v) is 4.51. The molecule has 0 aliphatic heterocycles. The predicted octanol–water partition coefficient (Wildman–Crippen LogP) is -2.28. The van der Waals surface area contributed by atoms with Crippen LogP contribution in [0.1, 0.15) is 33.6 Å². The molecule has 0 aliphatic carbocycles. The van der Waals surface area contributed by atoms with E-state index in [1.165, 1.54) is 6.92 Å². The Balaban J connectivity index is 4.86. The molecule has 0 heterocycles. The number of carboxylic acids is 1. The van der Waals surface area contributed by atoms with E-state index >= 15 is 0 Å². The molecule has 0 aromatic rings. The van der Waals surface area contributed by atoms with Crippen LogP contribution in [0, 0.1) is 5.92 Å². The molecular weight excluding hydrogens is 390 g/mol. The Bertz CT molecular complexity index is 602. The molecule has 5 atom stereocenters. The number of nitrogens with two attached hydrogens (primary N) is 2. The Morgan fingerprint density at radius 3 is 1.93 bits per heavy atom. The lowest BCUT2D eigenvalue weighted by atomic mass is 9.99. The largest absolute Gasteiger partial charge is 0.480 e. The zero-order chi connectivity index (χ0) is 22.0. The molecule has 4 amide bonds. The SMILES string of the molecule is CCC(C)C(N)C(=O)NC(CS)C(=O)NC(C)C(=O)NC(CC(N)=O)C(=O)O. The summed E-state index contributed by atoms with van der Waals surface area (Å²) in [5.74, 6) is -4.52. The standard InChI is InChI=1S/C16H29N5O6S/c1-4-7(2)12(18)15(25)21-10(6-28)14(24)19-8(3)13(23)20-9(16(26)27)5-11(17)22/h7-10,12,28H,4-6,18H2,1-3H3,(H2,17,22)(H,19,24)(H,20,23)(H,21,25)(H,26,27). The van der Waals surface area contributed by atoms with Crippen molar-refractivity contribution in [1.29, 1.82) is 0 Å². The van der Waals surface area contributed by atoms with Gasteiger partial charge in [-0.1, -0.05) is 20.3 Å². The summed E-state index contributed by atoms with van der Waals surface area (Å²) >= 11 is 4.02. The first-order valence-electron chi connectivity index (χ1n) is 8.73. The van der Waals surface area contributed by atoms with Crippen molar-refractivity contribution in [2.45, 2.75) is 57.8 Å². The number of hydrogen-bond donors (Lipinski definition) is 7. The van der Waals surface area contributed by atoms with E-state index in [2.05, 4.69) is 28.6 Å². The highest BCUT2D eigenvalue weighted by molar-refractivity contribution is 7.80. The van der Waals surface area contributed by atoms with Gasteiger partial charge in [0.1, 0.15) is 18.1 Å². The second-order valence-corrected chi connectivity index (χ2v) is 6.82. The fraction of sp³-hybridized carbons (Fsp3) is 0.688. The minimum atomic E-state index is -1.52. The molecule has 5 unspecified atom stereocenters. The van der Waals surface area contributed by atoms with Crippen molar-refractivity contribution in [2.24, 2.45) is 17.4 Å². The number of carboxylic acid groups (broad SMARTS) is 1. The molecule has 0 fully saturated rings. The van der Waals surface area contributed by atoms with Crippen molar-refractivity contribution in [3.8, 4) is 0 Å². The van der Waals surface area contributed by atoms with Crippen LogP contribution >= 0.6 is 12.6 Å². The second-order valence-electron chi connectivity index (χ2n) is 6.46. The van der Waals surface area contributed by atoms with Gasteiger partial charge in [-0.15, -0.1) is 0 Å². The van der Waals surface area contributed by atoms with Crippen LogP contribution in [-0.2, 0) is 24.0 Å². The molecule has 0 radical (unpaired) electrons. The Labute approximate surface area is 168 Å².